The highest BCUT2D eigenvalue weighted by molar-refractivity contribution is 5.81. The average molecular weight is 370 g/mol. The Kier molecular flexibility index (Phi) is 5.20. The number of hydrogen-bond donors (Lipinski definition) is 0. The Hall–Kier alpha value is -3.40. The summed E-state index contributed by atoms with van der Waals surface area (Å²) in [5.74, 6) is 0.817. The van der Waals surface area contributed by atoms with Crippen molar-refractivity contribution in [2.75, 3.05) is 6.61 Å². The molecule has 2 aromatic carbocycles. The predicted octanol–water partition coefficient (Wildman–Crippen LogP) is 4.90. The number of aromatic nitrogens is 2. The van der Waals surface area contributed by atoms with Gasteiger partial charge < -0.3 is 4.74 Å². The van der Waals surface area contributed by atoms with E-state index in [0.717, 1.165) is 28.7 Å². The number of rotatable bonds is 6. The highest BCUT2D eigenvalue weighted by Gasteiger charge is 2.12. The first-order valence-electron chi connectivity index (χ1n) is 9.52. The van der Waals surface area contributed by atoms with Crippen molar-refractivity contribution < 1.29 is 4.74 Å². The van der Waals surface area contributed by atoms with Crippen molar-refractivity contribution in [3.05, 3.63) is 94.9 Å². The van der Waals surface area contributed by atoms with Gasteiger partial charge in [0.2, 0.25) is 0 Å². The summed E-state index contributed by atoms with van der Waals surface area (Å²) in [4.78, 5) is 17.8. The molecule has 0 atom stereocenters. The largest absolute Gasteiger partial charge is 0.494 e. The second kappa shape index (κ2) is 8.09. The highest BCUT2D eigenvalue weighted by Crippen LogP contribution is 2.23. The van der Waals surface area contributed by atoms with Gasteiger partial charge in [0.15, 0.2) is 0 Å². The Morgan fingerprint density at radius 1 is 0.964 bits per heavy atom. The van der Waals surface area contributed by atoms with E-state index in [9.17, 15) is 4.79 Å². The Bertz CT molecular complexity index is 1130. The van der Waals surface area contributed by atoms with Crippen LogP contribution in [0, 0.1) is 0 Å². The van der Waals surface area contributed by atoms with Crippen LogP contribution in [0.15, 0.2) is 83.8 Å². The normalized spacial score (nSPS) is 10.9. The summed E-state index contributed by atoms with van der Waals surface area (Å²) < 4.78 is 7.41. The van der Waals surface area contributed by atoms with Gasteiger partial charge in [0.1, 0.15) is 11.4 Å². The molecule has 2 heterocycles. The number of fused-ring (bicyclic) bond motifs is 1. The van der Waals surface area contributed by atoms with Crippen LogP contribution < -0.4 is 10.3 Å². The topological polar surface area (TPSA) is 44.1 Å². The van der Waals surface area contributed by atoms with Crippen molar-refractivity contribution in [1.29, 1.82) is 0 Å². The van der Waals surface area contributed by atoms with E-state index in [1.54, 1.807) is 10.8 Å². The van der Waals surface area contributed by atoms with Gasteiger partial charge in [-0.15, -0.1) is 0 Å². The van der Waals surface area contributed by atoms with Crippen molar-refractivity contribution in [1.82, 2.24) is 9.55 Å². The smallest absolute Gasteiger partial charge is 0.260 e. The summed E-state index contributed by atoms with van der Waals surface area (Å²) >= 11 is 0. The molecule has 4 rings (SSSR count). The lowest BCUT2D eigenvalue weighted by atomic mass is 10.1. The maximum Gasteiger partial charge on any atom is 0.260 e. The maximum absolute atomic E-state index is 13.3. The third kappa shape index (κ3) is 3.67. The monoisotopic (exact) mass is 370 g/mol. The molecule has 4 nitrogen and oxygen atoms in total. The number of hydrogen-bond acceptors (Lipinski definition) is 3. The fourth-order valence-corrected chi connectivity index (χ4v) is 3.28. The van der Waals surface area contributed by atoms with E-state index in [1.807, 2.05) is 72.8 Å². The molecule has 4 aromatic rings. The maximum atomic E-state index is 13.3. The van der Waals surface area contributed by atoms with Crippen LogP contribution in [-0.2, 0) is 6.54 Å². The van der Waals surface area contributed by atoms with Gasteiger partial charge in [0.05, 0.1) is 13.2 Å². The molecule has 0 saturated heterocycles. The minimum absolute atomic E-state index is 0.0442. The first kappa shape index (κ1) is 18.0. The van der Waals surface area contributed by atoms with Crippen LogP contribution in [0.2, 0.25) is 0 Å². The summed E-state index contributed by atoms with van der Waals surface area (Å²) in [6.45, 7) is 3.25. The van der Waals surface area contributed by atoms with Gasteiger partial charge in [-0.25, -0.2) is 4.98 Å². The van der Waals surface area contributed by atoms with Gasteiger partial charge in [-0.1, -0.05) is 49.4 Å². The first-order valence-corrected chi connectivity index (χ1v) is 9.52. The van der Waals surface area contributed by atoms with Crippen molar-refractivity contribution in [3.63, 3.8) is 0 Å². The lowest BCUT2D eigenvalue weighted by Crippen LogP contribution is -2.23. The van der Waals surface area contributed by atoms with Crippen LogP contribution >= 0.6 is 0 Å². The van der Waals surface area contributed by atoms with Gasteiger partial charge in [0.25, 0.3) is 5.56 Å². The highest BCUT2D eigenvalue weighted by atomic mass is 16.5. The molecule has 0 unspecified atom stereocenters. The Labute approximate surface area is 164 Å². The summed E-state index contributed by atoms with van der Waals surface area (Å²) in [6, 6.07) is 23.5. The minimum Gasteiger partial charge on any atom is -0.494 e. The van der Waals surface area contributed by atoms with Crippen molar-refractivity contribution in [2.45, 2.75) is 19.9 Å². The molecule has 2 aromatic heterocycles. The summed E-state index contributed by atoms with van der Waals surface area (Å²) in [5.41, 5.74) is 3.26. The molecule has 0 amide bonds. The lowest BCUT2D eigenvalue weighted by Gasteiger charge is -2.13. The van der Waals surface area contributed by atoms with E-state index < -0.39 is 0 Å². The Morgan fingerprint density at radius 2 is 1.75 bits per heavy atom. The molecule has 0 spiro atoms. The van der Waals surface area contributed by atoms with Crippen LogP contribution in [-0.4, -0.2) is 16.2 Å². The molecule has 28 heavy (non-hydrogen) atoms. The molecule has 0 bridgehead atoms. The van der Waals surface area contributed by atoms with Gasteiger partial charge in [-0.05, 0) is 47.9 Å². The molecule has 0 radical (unpaired) electrons. The molecule has 0 aliphatic carbocycles. The quantitative estimate of drug-likeness (QED) is 0.485. The van der Waals surface area contributed by atoms with Crippen LogP contribution in [0.3, 0.4) is 0 Å². The zero-order valence-electron chi connectivity index (χ0n) is 15.8. The molecule has 140 valence electrons. The molecule has 0 aliphatic heterocycles. The third-order valence-corrected chi connectivity index (χ3v) is 4.67. The Morgan fingerprint density at radius 3 is 2.50 bits per heavy atom. The van der Waals surface area contributed by atoms with Gasteiger partial charge in [0, 0.05) is 17.1 Å². The number of nitrogens with zero attached hydrogens (tertiary/aromatic N) is 2. The number of pyridine rings is 2. The van der Waals surface area contributed by atoms with E-state index >= 15 is 0 Å². The molecule has 4 heteroatoms. The SMILES string of the molecule is CCCOc1ccc(-c2cc3cccnc3n(Cc3ccccc3)c2=O)cc1. The predicted molar refractivity (Wildman–Crippen MR) is 113 cm³/mol. The van der Waals surface area contributed by atoms with Crippen LogP contribution in [0.4, 0.5) is 0 Å². The van der Waals surface area contributed by atoms with Crippen LogP contribution in [0.25, 0.3) is 22.2 Å². The van der Waals surface area contributed by atoms with Crippen molar-refractivity contribution in [3.8, 4) is 16.9 Å². The van der Waals surface area contributed by atoms with E-state index in [2.05, 4.69) is 11.9 Å². The second-order valence-electron chi connectivity index (χ2n) is 6.72. The minimum atomic E-state index is -0.0442. The lowest BCUT2D eigenvalue weighted by molar-refractivity contribution is 0.317. The molecular weight excluding hydrogens is 348 g/mol. The Balaban J connectivity index is 1.81. The third-order valence-electron chi connectivity index (χ3n) is 4.67. The van der Waals surface area contributed by atoms with E-state index in [0.29, 0.717) is 24.4 Å². The second-order valence-corrected chi connectivity index (χ2v) is 6.72. The van der Waals surface area contributed by atoms with E-state index in [-0.39, 0.29) is 5.56 Å². The molecule has 0 aliphatic rings. The standard InChI is InChI=1S/C24H22N2O2/c1-2-15-28-21-12-10-19(11-13-21)22-16-20-9-6-14-25-23(20)26(24(22)27)17-18-7-4-3-5-8-18/h3-14,16H,2,15,17H2,1H3. The zero-order valence-corrected chi connectivity index (χ0v) is 15.8. The average Bonchev–Trinajstić information content (AvgIpc) is 2.75. The van der Waals surface area contributed by atoms with E-state index in [1.165, 1.54) is 0 Å². The number of benzene rings is 2. The van der Waals surface area contributed by atoms with Gasteiger partial charge >= 0.3 is 0 Å². The zero-order chi connectivity index (χ0) is 19.3. The van der Waals surface area contributed by atoms with Crippen LogP contribution in [0.1, 0.15) is 18.9 Å². The molecular formula is C24H22N2O2. The van der Waals surface area contributed by atoms with Crippen LogP contribution in [0.5, 0.6) is 5.75 Å². The van der Waals surface area contributed by atoms with Crippen molar-refractivity contribution >= 4 is 11.0 Å². The van der Waals surface area contributed by atoms with Gasteiger partial charge in [-0.3, -0.25) is 9.36 Å². The number of ether oxygens (including phenoxy) is 1. The van der Waals surface area contributed by atoms with E-state index in [4.69, 9.17) is 4.74 Å². The fourth-order valence-electron chi connectivity index (χ4n) is 3.28. The molecule has 0 fully saturated rings. The summed E-state index contributed by atoms with van der Waals surface area (Å²) in [7, 11) is 0. The van der Waals surface area contributed by atoms with Gasteiger partial charge in [-0.2, -0.15) is 0 Å². The summed E-state index contributed by atoms with van der Waals surface area (Å²) in [5, 5.41) is 0.944. The first-order chi connectivity index (χ1) is 13.8. The molecule has 0 saturated carbocycles. The summed E-state index contributed by atoms with van der Waals surface area (Å²) in [6.07, 6.45) is 2.69. The molecule has 0 N–H and O–H groups in total. The van der Waals surface area contributed by atoms with Crippen molar-refractivity contribution in [2.24, 2.45) is 0 Å². The fraction of sp³-hybridized carbons (Fsp3) is 0.167.